The van der Waals surface area contributed by atoms with E-state index in [-0.39, 0.29) is 17.6 Å². The van der Waals surface area contributed by atoms with Gasteiger partial charge in [0.2, 0.25) is 0 Å². The first-order valence-corrected chi connectivity index (χ1v) is 14.0. The lowest BCUT2D eigenvalue weighted by Crippen LogP contribution is -2.56. The standard InChI is InChI=1S/C31H35Cl2N3O2/c1-23(37)24-11-14-28(15-12-24)34-36(18-7-4-8-19-36)20-17-27(26-13-16-29(32)30(33)21-26)22-35(2)31(38)25-9-5-3-6-10-25/h3,5-6,9-16,21,27H,4,7-8,17-20,22H2,1-2H3/p+1. The largest absolute Gasteiger partial charge is 0.341 e. The first-order valence-electron chi connectivity index (χ1n) is 13.3. The molecule has 200 valence electrons. The van der Waals surface area contributed by atoms with Crippen molar-refractivity contribution in [3.05, 3.63) is 99.5 Å². The van der Waals surface area contributed by atoms with E-state index in [9.17, 15) is 9.59 Å². The second-order valence-corrected chi connectivity index (χ2v) is 11.1. The van der Waals surface area contributed by atoms with E-state index in [1.54, 1.807) is 11.8 Å². The first kappa shape index (κ1) is 28.2. The number of benzene rings is 3. The minimum Gasteiger partial charge on any atom is -0.341 e. The van der Waals surface area contributed by atoms with E-state index in [0.717, 1.165) is 54.7 Å². The summed E-state index contributed by atoms with van der Waals surface area (Å²) < 4.78 is 0.771. The number of Topliss-reactive ketones (excluding diaryl/α,β-unsaturated/α-hetero) is 1. The summed E-state index contributed by atoms with van der Waals surface area (Å²) in [5, 5.41) is 1.05. The second-order valence-electron chi connectivity index (χ2n) is 10.3. The van der Waals surface area contributed by atoms with Crippen LogP contribution in [0.3, 0.4) is 0 Å². The smallest absolute Gasteiger partial charge is 0.253 e. The fourth-order valence-electron chi connectivity index (χ4n) is 5.31. The number of quaternary nitrogens is 1. The maximum absolute atomic E-state index is 13.2. The van der Waals surface area contributed by atoms with Gasteiger partial charge in [-0.05, 0) is 80.3 Å². The van der Waals surface area contributed by atoms with Gasteiger partial charge in [-0.2, -0.15) is 0 Å². The van der Waals surface area contributed by atoms with Gasteiger partial charge in [-0.25, -0.2) is 10.0 Å². The number of halogens is 2. The minimum atomic E-state index is 0.00113. The van der Waals surface area contributed by atoms with Crippen LogP contribution in [0.15, 0.2) is 72.8 Å². The van der Waals surface area contributed by atoms with E-state index in [1.807, 2.05) is 79.8 Å². The van der Waals surface area contributed by atoms with Crippen molar-refractivity contribution in [3.8, 4) is 0 Å². The quantitative estimate of drug-likeness (QED) is 0.209. The number of nitrogens with zero attached hydrogens (tertiary/aromatic N) is 2. The number of carbonyl (C=O) groups excluding carboxylic acids is 2. The third-order valence-corrected chi connectivity index (χ3v) is 8.25. The molecule has 0 aliphatic carbocycles. The summed E-state index contributed by atoms with van der Waals surface area (Å²) in [5.74, 6) is 0.152. The molecule has 0 spiro atoms. The van der Waals surface area contributed by atoms with Crippen LogP contribution in [0.25, 0.3) is 0 Å². The van der Waals surface area contributed by atoms with E-state index in [4.69, 9.17) is 23.2 Å². The maximum atomic E-state index is 13.2. The first-order chi connectivity index (χ1) is 18.3. The van der Waals surface area contributed by atoms with Crippen LogP contribution in [-0.2, 0) is 0 Å². The second kappa shape index (κ2) is 12.8. The highest BCUT2D eigenvalue weighted by molar-refractivity contribution is 6.42. The van der Waals surface area contributed by atoms with Crippen molar-refractivity contribution in [2.24, 2.45) is 0 Å². The van der Waals surface area contributed by atoms with Crippen molar-refractivity contribution in [2.75, 3.05) is 38.7 Å². The molecule has 1 unspecified atom stereocenters. The summed E-state index contributed by atoms with van der Waals surface area (Å²) in [7, 11) is 1.86. The molecule has 7 heteroatoms. The van der Waals surface area contributed by atoms with Crippen LogP contribution < -0.4 is 5.43 Å². The zero-order valence-corrected chi connectivity index (χ0v) is 23.6. The van der Waals surface area contributed by atoms with Crippen molar-refractivity contribution >= 4 is 40.6 Å². The van der Waals surface area contributed by atoms with Gasteiger partial charge in [-0.1, -0.05) is 47.5 Å². The van der Waals surface area contributed by atoms with Crippen molar-refractivity contribution in [1.29, 1.82) is 0 Å². The number of carbonyl (C=O) groups is 2. The zero-order valence-electron chi connectivity index (χ0n) is 22.1. The number of likely N-dealkylation sites (tertiary alicyclic amines) is 1. The zero-order chi connectivity index (χ0) is 27.1. The van der Waals surface area contributed by atoms with Crippen LogP contribution in [0.2, 0.25) is 10.0 Å². The Morgan fingerprint density at radius 1 is 0.895 bits per heavy atom. The van der Waals surface area contributed by atoms with Crippen molar-refractivity contribution in [3.63, 3.8) is 0 Å². The Morgan fingerprint density at radius 3 is 2.21 bits per heavy atom. The maximum Gasteiger partial charge on any atom is 0.253 e. The van der Waals surface area contributed by atoms with Crippen LogP contribution in [-0.4, -0.2) is 54.4 Å². The van der Waals surface area contributed by atoms with Gasteiger partial charge < -0.3 is 4.90 Å². The molecule has 1 heterocycles. The van der Waals surface area contributed by atoms with Crippen molar-refractivity contribution in [2.45, 2.75) is 38.5 Å². The Balaban J connectivity index is 1.55. The number of nitrogens with one attached hydrogen (secondary N) is 1. The number of ketones is 1. The van der Waals surface area contributed by atoms with Gasteiger partial charge in [-0.3, -0.25) is 9.59 Å². The van der Waals surface area contributed by atoms with Gasteiger partial charge in [-0.15, -0.1) is 0 Å². The van der Waals surface area contributed by atoms with Crippen LogP contribution in [0.5, 0.6) is 0 Å². The molecule has 1 fully saturated rings. The van der Waals surface area contributed by atoms with Gasteiger partial charge in [0.15, 0.2) is 5.78 Å². The normalized spacial score (nSPS) is 15.5. The Hall–Kier alpha value is -2.86. The highest BCUT2D eigenvalue weighted by Gasteiger charge is 2.32. The van der Waals surface area contributed by atoms with Crippen molar-refractivity contribution in [1.82, 2.24) is 4.90 Å². The lowest BCUT2D eigenvalue weighted by molar-refractivity contribution is -0.912. The van der Waals surface area contributed by atoms with E-state index in [1.165, 1.54) is 6.42 Å². The van der Waals surface area contributed by atoms with Gasteiger partial charge in [0, 0.05) is 37.1 Å². The SMILES string of the molecule is CC(=O)c1ccc(N[N+]2(CCC(CN(C)C(=O)c3ccccc3)c3ccc(Cl)c(Cl)c3)CCCCC2)cc1. The summed E-state index contributed by atoms with van der Waals surface area (Å²) in [6, 6.07) is 22.9. The fourth-order valence-corrected chi connectivity index (χ4v) is 5.62. The van der Waals surface area contributed by atoms with E-state index >= 15 is 0 Å². The number of anilines is 1. The predicted molar refractivity (Wildman–Crippen MR) is 156 cm³/mol. The summed E-state index contributed by atoms with van der Waals surface area (Å²) in [5.41, 5.74) is 7.27. The molecule has 1 N–H and O–H groups in total. The van der Waals surface area contributed by atoms with Crippen LogP contribution >= 0.6 is 23.2 Å². The number of amides is 1. The number of likely N-dealkylation sites (N-methyl/N-ethyl adjacent to an activating group) is 1. The van der Waals surface area contributed by atoms with E-state index in [0.29, 0.717) is 27.7 Å². The van der Waals surface area contributed by atoms with Crippen LogP contribution in [0.1, 0.15) is 64.8 Å². The van der Waals surface area contributed by atoms with Gasteiger partial charge in [0.05, 0.1) is 15.7 Å². The lowest BCUT2D eigenvalue weighted by Gasteiger charge is -2.42. The average molecular weight is 554 g/mol. The number of hydrogen-bond acceptors (Lipinski definition) is 3. The summed E-state index contributed by atoms with van der Waals surface area (Å²) in [6.07, 6.45) is 4.41. The molecule has 4 rings (SSSR count). The number of piperidine rings is 1. The van der Waals surface area contributed by atoms with Crippen LogP contribution in [0.4, 0.5) is 5.69 Å². The highest BCUT2D eigenvalue weighted by atomic mass is 35.5. The van der Waals surface area contributed by atoms with Gasteiger partial charge in [0.1, 0.15) is 19.6 Å². The Labute approximate surface area is 235 Å². The van der Waals surface area contributed by atoms with Gasteiger partial charge >= 0.3 is 0 Å². The van der Waals surface area contributed by atoms with Crippen molar-refractivity contribution < 1.29 is 14.2 Å². The molecule has 38 heavy (non-hydrogen) atoms. The molecule has 1 aliphatic rings. The molecular formula is C31H36Cl2N3O2+. The minimum absolute atomic E-state index is 0.00113. The molecule has 1 aliphatic heterocycles. The monoisotopic (exact) mass is 552 g/mol. The molecule has 0 radical (unpaired) electrons. The van der Waals surface area contributed by atoms with Crippen LogP contribution in [0, 0.1) is 0 Å². The predicted octanol–water partition coefficient (Wildman–Crippen LogP) is 7.47. The highest BCUT2D eigenvalue weighted by Crippen LogP contribution is 2.31. The number of rotatable bonds is 10. The summed E-state index contributed by atoms with van der Waals surface area (Å²) >= 11 is 12.7. The Bertz CT molecular complexity index is 1240. The fraction of sp³-hybridized carbons (Fsp3) is 0.355. The Morgan fingerprint density at radius 2 is 1.58 bits per heavy atom. The third kappa shape index (κ3) is 7.16. The Kier molecular flexibility index (Phi) is 9.48. The van der Waals surface area contributed by atoms with E-state index in [2.05, 4.69) is 5.43 Å². The number of hydrogen-bond donors (Lipinski definition) is 1. The molecule has 5 nitrogen and oxygen atoms in total. The molecule has 1 atom stereocenters. The summed E-state index contributed by atoms with van der Waals surface area (Å²) in [4.78, 5) is 26.7. The average Bonchev–Trinajstić information content (AvgIpc) is 2.93. The van der Waals surface area contributed by atoms with E-state index < -0.39 is 0 Å². The molecule has 0 bridgehead atoms. The molecular weight excluding hydrogens is 517 g/mol. The molecule has 1 amide bonds. The summed E-state index contributed by atoms with van der Waals surface area (Å²) in [6.45, 7) is 5.11. The molecule has 3 aromatic carbocycles. The molecule has 1 saturated heterocycles. The molecule has 3 aromatic rings. The third-order valence-electron chi connectivity index (χ3n) is 7.51. The lowest BCUT2D eigenvalue weighted by atomic mass is 9.94. The van der Waals surface area contributed by atoms with Gasteiger partial charge in [0.25, 0.3) is 5.91 Å². The molecule has 0 saturated carbocycles. The molecule has 0 aromatic heterocycles. The topological polar surface area (TPSA) is 49.4 Å².